The Morgan fingerprint density at radius 1 is 1.18 bits per heavy atom. The van der Waals surface area contributed by atoms with Crippen LogP contribution in [-0.4, -0.2) is 41.5 Å². The predicted octanol–water partition coefficient (Wildman–Crippen LogP) is 1.94. The quantitative estimate of drug-likeness (QED) is 0.294. The maximum atomic E-state index is 13.2. The summed E-state index contributed by atoms with van der Waals surface area (Å²) in [5, 5.41) is 10.0. The fraction of sp³-hybridized carbons (Fsp3) is 0.167. The second-order valence-electron chi connectivity index (χ2n) is 8.51. The number of nitrogens with one attached hydrogen (secondary N) is 2. The molecule has 190 valence electrons. The number of pyridine rings is 2. The number of aryl methyl sites for hydroxylation is 1. The molecule has 0 saturated heterocycles. The van der Waals surface area contributed by atoms with Gasteiger partial charge in [0.2, 0.25) is 5.91 Å². The maximum absolute atomic E-state index is 13.2. The summed E-state index contributed by atoms with van der Waals surface area (Å²) < 4.78 is 7.43. The SMILES string of the molecule is Nc1cc2sc(CNC(=O)[C@@H]3CCc4ncc(NC(=O)c5noc(-c6ccncc6)n5)c(=O)n43)cc2cn1. The second kappa shape index (κ2) is 9.48. The molecule has 2 amide bonds. The average Bonchev–Trinajstić information content (AvgIpc) is 3.67. The van der Waals surface area contributed by atoms with Crippen LogP contribution >= 0.6 is 11.3 Å². The van der Waals surface area contributed by atoms with E-state index in [0.717, 1.165) is 15.0 Å². The minimum Gasteiger partial charge on any atom is -0.384 e. The van der Waals surface area contributed by atoms with E-state index in [1.54, 1.807) is 36.8 Å². The molecule has 0 radical (unpaired) electrons. The lowest BCUT2D eigenvalue weighted by molar-refractivity contribution is -0.124. The molecular formula is C24H19N9O4S. The van der Waals surface area contributed by atoms with Gasteiger partial charge in [-0.1, -0.05) is 5.16 Å². The number of nitrogens with two attached hydrogens (primary N) is 1. The molecule has 1 aliphatic rings. The molecule has 4 N–H and O–H groups in total. The molecule has 14 heteroatoms. The van der Waals surface area contributed by atoms with Crippen molar-refractivity contribution in [1.29, 1.82) is 0 Å². The van der Waals surface area contributed by atoms with E-state index in [1.807, 2.05) is 6.07 Å². The monoisotopic (exact) mass is 529 g/mol. The van der Waals surface area contributed by atoms with E-state index in [0.29, 0.717) is 36.6 Å². The second-order valence-corrected chi connectivity index (χ2v) is 9.68. The summed E-state index contributed by atoms with van der Waals surface area (Å²) in [5.41, 5.74) is 5.71. The van der Waals surface area contributed by atoms with E-state index >= 15 is 0 Å². The van der Waals surface area contributed by atoms with Crippen LogP contribution < -0.4 is 21.9 Å². The Morgan fingerprint density at radius 3 is 2.87 bits per heavy atom. The summed E-state index contributed by atoms with van der Waals surface area (Å²) in [6.45, 7) is 0.292. The van der Waals surface area contributed by atoms with E-state index in [-0.39, 0.29) is 23.3 Å². The summed E-state index contributed by atoms with van der Waals surface area (Å²) in [5.74, 6) is -0.275. The molecule has 6 rings (SSSR count). The number of carbonyl (C=O) groups is 2. The van der Waals surface area contributed by atoms with E-state index in [2.05, 4.69) is 35.7 Å². The van der Waals surface area contributed by atoms with Crippen molar-refractivity contribution < 1.29 is 14.1 Å². The van der Waals surface area contributed by atoms with Crippen LogP contribution in [0.5, 0.6) is 0 Å². The highest BCUT2D eigenvalue weighted by Crippen LogP contribution is 2.27. The molecule has 5 aromatic heterocycles. The number of carbonyl (C=O) groups excluding carboxylic acids is 2. The Hall–Kier alpha value is -4.98. The summed E-state index contributed by atoms with van der Waals surface area (Å²) in [7, 11) is 0. The third-order valence-electron chi connectivity index (χ3n) is 6.04. The van der Waals surface area contributed by atoms with E-state index in [1.165, 1.54) is 22.1 Å². The lowest BCUT2D eigenvalue weighted by Gasteiger charge is -2.15. The van der Waals surface area contributed by atoms with Crippen molar-refractivity contribution in [2.24, 2.45) is 0 Å². The molecule has 38 heavy (non-hydrogen) atoms. The highest BCUT2D eigenvalue weighted by Gasteiger charge is 2.31. The fourth-order valence-corrected chi connectivity index (χ4v) is 5.25. The first-order chi connectivity index (χ1) is 18.5. The Bertz CT molecular complexity index is 1740. The first-order valence-electron chi connectivity index (χ1n) is 11.5. The summed E-state index contributed by atoms with van der Waals surface area (Å²) >= 11 is 1.51. The zero-order valence-corrected chi connectivity index (χ0v) is 20.4. The van der Waals surface area contributed by atoms with E-state index in [9.17, 15) is 14.4 Å². The van der Waals surface area contributed by atoms with Crippen LogP contribution in [-0.2, 0) is 17.8 Å². The fourth-order valence-electron chi connectivity index (χ4n) is 4.23. The van der Waals surface area contributed by atoms with Crippen LogP contribution in [0.3, 0.4) is 0 Å². The molecule has 0 fully saturated rings. The van der Waals surface area contributed by atoms with E-state index in [4.69, 9.17) is 10.3 Å². The van der Waals surface area contributed by atoms with Crippen LogP contribution in [0, 0.1) is 0 Å². The lowest BCUT2D eigenvalue weighted by atomic mass is 10.2. The van der Waals surface area contributed by atoms with Gasteiger partial charge in [0.25, 0.3) is 23.2 Å². The van der Waals surface area contributed by atoms with Gasteiger partial charge in [-0.25, -0.2) is 9.97 Å². The minimum absolute atomic E-state index is 0.0942. The molecule has 1 atom stereocenters. The molecule has 0 saturated carbocycles. The van der Waals surface area contributed by atoms with Crippen molar-refractivity contribution in [2.45, 2.75) is 25.4 Å². The maximum Gasteiger partial charge on any atom is 0.297 e. The molecule has 0 aliphatic carbocycles. The zero-order chi connectivity index (χ0) is 26.2. The summed E-state index contributed by atoms with van der Waals surface area (Å²) in [6, 6.07) is 6.29. The van der Waals surface area contributed by atoms with Crippen molar-refractivity contribution >= 4 is 44.7 Å². The molecular weight excluding hydrogens is 510 g/mol. The smallest absolute Gasteiger partial charge is 0.297 e. The molecule has 0 unspecified atom stereocenters. The van der Waals surface area contributed by atoms with Gasteiger partial charge in [0, 0.05) is 45.5 Å². The van der Waals surface area contributed by atoms with Crippen molar-refractivity contribution in [3.05, 3.63) is 75.9 Å². The number of anilines is 2. The number of amides is 2. The number of rotatable bonds is 6. The van der Waals surface area contributed by atoms with Crippen LogP contribution in [0.15, 0.2) is 58.4 Å². The van der Waals surface area contributed by atoms with E-state index < -0.39 is 17.5 Å². The third kappa shape index (κ3) is 4.37. The minimum atomic E-state index is -0.753. The van der Waals surface area contributed by atoms with Gasteiger partial charge in [-0.05, 0) is 30.7 Å². The number of nitrogen functional groups attached to an aromatic ring is 1. The number of aromatic nitrogens is 6. The first-order valence-corrected chi connectivity index (χ1v) is 12.4. The highest BCUT2D eigenvalue weighted by atomic mass is 32.1. The predicted molar refractivity (Wildman–Crippen MR) is 137 cm³/mol. The van der Waals surface area contributed by atoms with Crippen molar-refractivity contribution in [3.8, 4) is 11.5 Å². The lowest BCUT2D eigenvalue weighted by Crippen LogP contribution is -2.36. The van der Waals surface area contributed by atoms with Gasteiger partial charge in [0.1, 0.15) is 23.4 Å². The standard InChI is InChI=1S/C24H19N9O4S/c25-18-8-17-13(9-27-18)7-14(38-17)10-29-21(34)16-1-2-19-28-11-15(24(36)33(16)19)30-22(35)20-31-23(37-32-20)12-3-5-26-6-4-12/h3-9,11,16H,1-2,10H2,(H2,25,27)(H,29,34)(H,30,35)/t16-/m0/s1. The number of fused-ring (bicyclic) bond motifs is 2. The van der Waals surface area contributed by atoms with Crippen LogP contribution in [0.25, 0.3) is 21.5 Å². The van der Waals surface area contributed by atoms with Crippen molar-refractivity contribution in [3.63, 3.8) is 0 Å². The van der Waals surface area contributed by atoms with Crippen molar-refractivity contribution in [1.82, 2.24) is 35.0 Å². The molecule has 5 aromatic rings. The van der Waals surface area contributed by atoms with Crippen molar-refractivity contribution in [2.75, 3.05) is 11.1 Å². The first kappa shape index (κ1) is 23.4. The molecule has 0 spiro atoms. The van der Waals surface area contributed by atoms with Crippen LogP contribution in [0.1, 0.15) is 33.8 Å². The third-order valence-corrected chi connectivity index (χ3v) is 7.14. The molecule has 1 aliphatic heterocycles. The van der Waals surface area contributed by atoms with Gasteiger partial charge >= 0.3 is 0 Å². The average molecular weight is 530 g/mol. The van der Waals surface area contributed by atoms with Gasteiger partial charge in [-0.15, -0.1) is 11.3 Å². The Morgan fingerprint density at radius 2 is 2.03 bits per heavy atom. The number of nitrogens with zero attached hydrogens (tertiary/aromatic N) is 6. The Balaban J connectivity index is 1.17. The Labute approximate surface area is 217 Å². The highest BCUT2D eigenvalue weighted by molar-refractivity contribution is 7.19. The van der Waals surface area contributed by atoms with Gasteiger partial charge in [0.05, 0.1) is 12.7 Å². The largest absolute Gasteiger partial charge is 0.384 e. The number of hydrogen-bond acceptors (Lipinski definition) is 11. The normalized spacial score (nSPS) is 14.4. The van der Waals surface area contributed by atoms with Crippen LogP contribution in [0.2, 0.25) is 0 Å². The van der Waals surface area contributed by atoms with Gasteiger partial charge in [-0.2, -0.15) is 4.98 Å². The molecule has 6 heterocycles. The van der Waals surface area contributed by atoms with Crippen LogP contribution in [0.4, 0.5) is 11.5 Å². The van der Waals surface area contributed by atoms with Gasteiger partial charge < -0.3 is 20.9 Å². The molecule has 0 aromatic carbocycles. The summed E-state index contributed by atoms with van der Waals surface area (Å²) in [6.07, 6.45) is 6.94. The molecule has 0 bridgehead atoms. The van der Waals surface area contributed by atoms with Gasteiger partial charge in [0.15, 0.2) is 0 Å². The zero-order valence-electron chi connectivity index (χ0n) is 19.6. The molecule has 13 nitrogen and oxygen atoms in total. The summed E-state index contributed by atoms with van der Waals surface area (Å²) in [4.78, 5) is 56.3. The topological polar surface area (TPSA) is 184 Å². The Kier molecular flexibility index (Phi) is 5.84. The van der Waals surface area contributed by atoms with Gasteiger partial charge in [-0.3, -0.25) is 23.9 Å². The number of thiophene rings is 1. The number of hydrogen-bond donors (Lipinski definition) is 3.